The smallest absolute Gasteiger partial charge is 0.375 e. The Morgan fingerprint density at radius 2 is 2.35 bits per heavy atom. The van der Waals surface area contributed by atoms with Gasteiger partial charge in [0.2, 0.25) is 0 Å². The van der Waals surface area contributed by atoms with Crippen LogP contribution in [0.2, 0.25) is 0 Å². The van der Waals surface area contributed by atoms with Crippen LogP contribution in [0.15, 0.2) is 6.07 Å². The number of nitrogens with one attached hydrogen (secondary N) is 1. The Morgan fingerprint density at radius 1 is 1.65 bits per heavy atom. The van der Waals surface area contributed by atoms with Gasteiger partial charge in [0.05, 0.1) is 13.2 Å². The molecule has 0 atom stereocenters. The fourth-order valence-electron chi connectivity index (χ4n) is 1.20. The highest BCUT2D eigenvalue weighted by atomic mass is 19.3. The number of halogens is 2. The van der Waals surface area contributed by atoms with Crippen LogP contribution in [0.4, 0.5) is 8.78 Å². The highest BCUT2D eigenvalue weighted by Crippen LogP contribution is 2.18. The molecule has 1 aromatic heterocycles. The van der Waals surface area contributed by atoms with Crippen molar-refractivity contribution < 1.29 is 23.1 Å². The van der Waals surface area contributed by atoms with Crippen molar-refractivity contribution in [3.63, 3.8) is 0 Å². The molecule has 1 N–H and O–H groups in total. The fraction of sp³-hybridized carbons (Fsp3) is 0.556. The quantitative estimate of drug-likeness (QED) is 0.754. The molecule has 1 heterocycles. The highest BCUT2D eigenvalue weighted by Gasteiger charge is 2.20. The van der Waals surface area contributed by atoms with E-state index in [9.17, 15) is 13.6 Å². The van der Waals surface area contributed by atoms with Gasteiger partial charge in [0.15, 0.2) is 0 Å². The number of carbonyl (C=O) groups is 1. The summed E-state index contributed by atoms with van der Waals surface area (Å²) >= 11 is 0. The number of alkyl halides is 2. The van der Waals surface area contributed by atoms with Crippen LogP contribution >= 0.6 is 0 Å². The molecule has 96 valence electrons. The lowest BCUT2D eigenvalue weighted by Crippen LogP contribution is -2.20. The van der Waals surface area contributed by atoms with Crippen LogP contribution in [0.5, 0.6) is 0 Å². The van der Waals surface area contributed by atoms with E-state index in [1.807, 2.05) is 0 Å². The second-order valence-electron chi connectivity index (χ2n) is 3.06. The molecular formula is C9H13F2N3O3. The zero-order valence-electron chi connectivity index (χ0n) is 9.44. The molecule has 1 aromatic rings. The van der Waals surface area contributed by atoms with Crippen LogP contribution in [-0.4, -0.2) is 36.5 Å². The van der Waals surface area contributed by atoms with E-state index in [1.165, 1.54) is 14.2 Å². The average Bonchev–Trinajstić information content (AvgIpc) is 2.70. The van der Waals surface area contributed by atoms with Gasteiger partial charge in [-0.05, 0) is 0 Å². The van der Waals surface area contributed by atoms with E-state index < -0.39 is 18.1 Å². The Labute approximate surface area is 96.5 Å². The van der Waals surface area contributed by atoms with E-state index in [-0.39, 0.29) is 18.8 Å². The van der Waals surface area contributed by atoms with Gasteiger partial charge in [0, 0.05) is 20.2 Å². The maximum Gasteiger partial charge on any atom is 0.375 e. The van der Waals surface area contributed by atoms with E-state index in [2.05, 4.69) is 15.4 Å². The minimum Gasteiger partial charge on any atom is -0.383 e. The Morgan fingerprint density at radius 3 is 2.88 bits per heavy atom. The van der Waals surface area contributed by atoms with Crippen LogP contribution in [0.3, 0.4) is 0 Å². The topological polar surface area (TPSA) is 65.4 Å². The van der Waals surface area contributed by atoms with Crippen molar-refractivity contribution >= 4 is 5.97 Å². The lowest BCUT2D eigenvalue weighted by molar-refractivity contribution is 0.0293. The Hall–Kier alpha value is -1.54. The molecule has 0 aliphatic rings. The first-order valence-electron chi connectivity index (χ1n) is 4.83. The molecule has 0 aliphatic heterocycles. The third-order valence-corrected chi connectivity index (χ3v) is 1.93. The third kappa shape index (κ3) is 3.46. The third-order valence-electron chi connectivity index (χ3n) is 1.93. The van der Waals surface area contributed by atoms with Crippen LogP contribution in [-0.2, 0) is 16.1 Å². The standard InChI is InChI=1S/C9H13F2N3O3/c1-12-17-9(15)7-5-6(8(10)11)13-14(7)3-4-16-2/h5,8,12H,3-4H2,1-2H3. The molecule has 0 spiro atoms. The van der Waals surface area contributed by atoms with Crippen LogP contribution in [0, 0.1) is 0 Å². The summed E-state index contributed by atoms with van der Waals surface area (Å²) in [6, 6.07) is 1.000. The zero-order chi connectivity index (χ0) is 12.8. The monoisotopic (exact) mass is 249 g/mol. The summed E-state index contributed by atoms with van der Waals surface area (Å²) in [6.07, 6.45) is -2.74. The first kappa shape index (κ1) is 13.5. The summed E-state index contributed by atoms with van der Waals surface area (Å²) in [5.74, 6) is -0.775. The average molecular weight is 249 g/mol. The first-order chi connectivity index (χ1) is 8.10. The second-order valence-corrected chi connectivity index (χ2v) is 3.06. The van der Waals surface area contributed by atoms with Crippen molar-refractivity contribution in [1.82, 2.24) is 15.3 Å². The summed E-state index contributed by atoms with van der Waals surface area (Å²) in [5.41, 5.74) is 1.66. The summed E-state index contributed by atoms with van der Waals surface area (Å²) in [4.78, 5) is 15.9. The molecule has 0 bridgehead atoms. The van der Waals surface area contributed by atoms with Crippen molar-refractivity contribution in [2.45, 2.75) is 13.0 Å². The molecule has 0 amide bonds. The summed E-state index contributed by atoms with van der Waals surface area (Å²) in [5, 5.41) is 3.61. The van der Waals surface area contributed by atoms with Crippen molar-refractivity contribution in [2.24, 2.45) is 0 Å². The van der Waals surface area contributed by atoms with E-state index in [1.54, 1.807) is 0 Å². The number of rotatable bonds is 6. The lowest BCUT2D eigenvalue weighted by Gasteiger charge is -2.05. The van der Waals surface area contributed by atoms with Gasteiger partial charge in [-0.15, -0.1) is 0 Å². The van der Waals surface area contributed by atoms with Crippen LogP contribution < -0.4 is 5.48 Å². The summed E-state index contributed by atoms with van der Waals surface area (Å²) in [7, 11) is 2.85. The minimum absolute atomic E-state index is 0.0494. The number of hydroxylamine groups is 1. The second kappa shape index (κ2) is 6.26. The van der Waals surface area contributed by atoms with E-state index in [0.717, 1.165) is 10.7 Å². The van der Waals surface area contributed by atoms with E-state index in [4.69, 9.17) is 4.74 Å². The van der Waals surface area contributed by atoms with Crippen molar-refractivity contribution in [3.05, 3.63) is 17.5 Å². The van der Waals surface area contributed by atoms with Crippen molar-refractivity contribution in [1.29, 1.82) is 0 Å². The van der Waals surface area contributed by atoms with Gasteiger partial charge in [-0.2, -0.15) is 10.6 Å². The number of hydrogen-bond donors (Lipinski definition) is 1. The molecule has 17 heavy (non-hydrogen) atoms. The van der Waals surface area contributed by atoms with Gasteiger partial charge in [0.1, 0.15) is 11.4 Å². The van der Waals surface area contributed by atoms with E-state index >= 15 is 0 Å². The molecule has 0 aliphatic carbocycles. The number of nitrogens with zero attached hydrogens (tertiary/aromatic N) is 2. The van der Waals surface area contributed by atoms with Crippen LogP contribution in [0.25, 0.3) is 0 Å². The van der Waals surface area contributed by atoms with Gasteiger partial charge >= 0.3 is 5.97 Å². The van der Waals surface area contributed by atoms with Crippen molar-refractivity contribution in [2.75, 3.05) is 20.8 Å². The Balaban J connectivity index is 2.94. The van der Waals surface area contributed by atoms with Crippen LogP contribution in [0.1, 0.15) is 22.6 Å². The lowest BCUT2D eigenvalue weighted by atomic mass is 10.3. The van der Waals surface area contributed by atoms with Gasteiger partial charge < -0.3 is 9.57 Å². The normalized spacial score (nSPS) is 10.9. The molecule has 0 unspecified atom stereocenters. The number of hydrogen-bond acceptors (Lipinski definition) is 5. The molecule has 1 rings (SSSR count). The highest BCUT2D eigenvalue weighted by molar-refractivity contribution is 5.87. The molecule has 6 nitrogen and oxygen atoms in total. The summed E-state index contributed by atoms with van der Waals surface area (Å²) in [6.45, 7) is 0.446. The molecule has 0 fully saturated rings. The molecule has 8 heteroatoms. The molecule has 0 saturated heterocycles. The Kier molecular flexibility index (Phi) is 4.98. The van der Waals surface area contributed by atoms with Gasteiger partial charge in [0.25, 0.3) is 6.43 Å². The van der Waals surface area contributed by atoms with Crippen molar-refractivity contribution in [3.8, 4) is 0 Å². The van der Waals surface area contributed by atoms with Gasteiger partial charge in [-0.25, -0.2) is 13.6 Å². The largest absolute Gasteiger partial charge is 0.383 e. The molecular weight excluding hydrogens is 236 g/mol. The predicted octanol–water partition coefficient (Wildman–Crippen LogP) is 0.758. The van der Waals surface area contributed by atoms with E-state index in [0.29, 0.717) is 0 Å². The first-order valence-corrected chi connectivity index (χ1v) is 4.83. The Bertz CT molecular complexity index is 382. The molecule has 0 radical (unpaired) electrons. The number of carbonyl (C=O) groups excluding carboxylic acids is 1. The SMILES string of the molecule is CNOC(=O)c1cc(C(F)F)nn1CCOC. The minimum atomic E-state index is -2.74. The van der Waals surface area contributed by atoms with Gasteiger partial charge in [-0.1, -0.05) is 0 Å². The molecule has 0 saturated carbocycles. The maximum atomic E-state index is 12.5. The molecule has 0 aromatic carbocycles. The fourth-order valence-corrected chi connectivity index (χ4v) is 1.20. The maximum absolute atomic E-state index is 12.5. The zero-order valence-corrected chi connectivity index (χ0v) is 9.44. The number of ether oxygens (including phenoxy) is 1. The summed E-state index contributed by atoms with van der Waals surface area (Å²) < 4.78 is 30.8. The predicted molar refractivity (Wildman–Crippen MR) is 53.5 cm³/mol. The number of aromatic nitrogens is 2. The van der Waals surface area contributed by atoms with Gasteiger partial charge in [-0.3, -0.25) is 4.68 Å². The number of methoxy groups -OCH3 is 1.